The highest BCUT2D eigenvalue weighted by Gasteiger charge is 2.34. The second-order valence-electron chi connectivity index (χ2n) is 5.33. The number of nitrogens with two attached hydrogens (primary N) is 1. The lowest BCUT2D eigenvalue weighted by atomic mass is 9.73. The molecule has 1 aromatic carbocycles. The van der Waals surface area contributed by atoms with Crippen LogP contribution in [0.1, 0.15) is 31.7 Å². The molecule has 1 fully saturated rings. The van der Waals surface area contributed by atoms with E-state index in [4.69, 9.17) is 5.73 Å². The molecule has 1 aromatic rings. The lowest BCUT2D eigenvalue weighted by Gasteiger charge is -2.41. The summed E-state index contributed by atoms with van der Waals surface area (Å²) >= 11 is 2.36. The summed E-state index contributed by atoms with van der Waals surface area (Å²) in [5.74, 6) is 0. The van der Waals surface area contributed by atoms with Crippen molar-refractivity contribution in [2.75, 3.05) is 26.2 Å². The zero-order valence-corrected chi connectivity index (χ0v) is 13.3. The Balaban J connectivity index is 2.11. The molecule has 3 heteroatoms. The molecule has 0 amide bonds. The quantitative estimate of drug-likeness (QED) is 0.839. The zero-order valence-electron chi connectivity index (χ0n) is 11.2. The Kier molecular flexibility index (Phi) is 5.04. The Morgan fingerprint density at radius 2 is 1.83 bits per heavy atom. The van der Waals surface area contributed by atoms with E-state index in [2.05, 4.69) is 58.7 Å². The molecule has 1 aliphatic heterocycles. The van der Waals surface area contributed by atoms with E-state index in [0.29, 0.717) is 0 Å². The first-order valence-corrected chi connectivity index (χ1v) is 7.96. The lowest BCUT2D eigenvalue weighted by Crippen LogP contribution is -2.46. The third-order valence-electron chi connectivity index (χ3n) is 4.20. The maximum Gasteiger partial charge on any atom is 0.0130 e. The number of nitrogens with zero attached hydrogens (tertiary/aromatic N) is 1. The third-order valence-corrected chi connectivity index (χ3v) is 4.92. The molecule has 0 aromatic heterocycles. The van der Waals surface area contributed by atoms with E-state index < -0.39 is 0 Å². The first kappa shape index (κ1) is 14.3. The number of hydrogen-bond acceptors (Lipinski definition) is 2. The number of rotatable bonds is 4. The van der Waals surface area contributed by atoms with E-state index in [1.54, 1.807) is 0 Å². The van der Waals surface area contributed by atoms with Gasteiger partial charge in [-0.2, -0.15) is 0 Å². The summed E-state index contributed by atoms with van der Waals surface area (Å²) in [6.45, 7) is 6.64. The molecule has 2 rings (SSSR count). The number of hydrogen-bond donors (Lipinski definition) is 1. The van der Waals surface area contributed by atoms with Crippen molar-refractivity contribution in [1.29, 1.82) is 0 Å². The van der Waals surface area contributed by atoms with E-state index in [-0.39, 0.29) is 5.41 Å². The molecular formula is C15H23IN2. The van der Waals surface area contributed by atoms with Crippen molar-refractivity contribution in [3.63, 3.8) is 0 Å². The Morgan fingerprint density at radius 3 is 2.33 bits per heavy atom. The van der Waals surface area contributed by atoms with Crippen molar-refractivity contribution in [3.05, 3.63) is 33.4 Å². The van der Waals surface area contributed by atoms with Crippen molar-refractivity contribution < 1.29 is 0 Å². The van der Waals surface area contributed by atoms with Gasteiger partial charge in [0.2, 0.25) is 0 Å². The molecule has 1 heterocycles. The van der Waals surface area contributed by atoms with Crippen molar-refractivity contribution in [1.82, 2.24) is 4.90 Å². The maximum atomic E-state index is 6.11. The van der Waals surface area contributed by atoms with Crippen LogP contribution in [0.25, 0.3) is 0 Å². The van der Waals surface area contributed by atoms with Gasteiger partial charge in [-0.25, -0.2) is 0 Å². The Labute approximate surface area is 124 Å². The highest BCUT2D eigenvalue weighted by molar-refractivity contribution is 14.1. The highest BCUT2D eigenvalue weighted by Crippen LogP contribution is 2.34. The second kappa shape index (κ2) is 6.35. The van der Waals surface area contributed by atoms with E-state index in [9.17, 15) is 0 Å². The van der Waals surface area contributed by atoms with E-state index >= 15 is 0 Å². The largest absolute Gasteiger partial charge is 0.330 e. The molecule has 18 heavy (non-hydrogen) atoms. The van der Waals surface area contributed by atoms with Crippen molar-refractivity contribution in [2.45, 2.75) is 31.6 Å². The molecule has 100 valence electrons. The van der Waals surface area contributed by atoms with Crippen molar-refractivity contribution in [2.24, 2.45) is 5.73 Å². The lowest BCUT2D eigenvalue weighted by molar-refractivity contribution is 0.162. The van der Waals surface area contributed by atoms with Crippen LogP contribution in [-0.2, 0) is 5.41 Å². The molecule has 0 unspecified atom stereocenters. The van der Waals surface area contributed by atoms with Crippen LogP contribution in [0.4, 0.5) is 0 Å². The van der Waals surface area contributed by atoms with Crippen LogP contribution in [-0.4, -0.2) is 31.1 Å². The average Bonchev–Trinajstić information content (AvgIpc) is 2.41. The Hall–Kier alpha value is -0.130. The van der Waals surface area contributed by atoms with Gasteiger partial charge in [-0.1, -0.05) is 19.1 Å². The molecule has 0 bridgehead atoms. The topological polar surface area (TPSA) is 29.3 Å². The van der Waals surface area contributed by atoms with Gasteiger partial charge in [-0.05, 0) is 79.2 Å². The summed E-state index contributed by atoms with van der Waals surface area (Å²) in [5.41, 5.74) is 7.76. The standard InChI is InChI=1S/C15H23IN2/c1-2-9-18-10-7-15(12-17,8-11-18)13-3-5-14(16)6-4-13/h3-6H,2,7-12,17H2,1H3. The van der Waals surface area contributed by atoms with Gasteiger partial charge in [0.05, 0.1) is 0 Å². The van der Waals surface area contributed by atoms with E-state index in [1.807, 2.05) is 0 Å². The smallest absolute Gasteiger partial charge is 0.0130 e. The minimum atomic E-state index is 0.217. The summed E-state index contributed by atoms with van der Waals surface area (Å²) in [4.78, 5) is 2.57. The predicted octanol–water partition coefficient (Wildman–Crippen LogP) is 2.99. The molecule has 1 saturated heterocycles. The summed E-state index contributed by atoms with van der Waals surface area (Å²) in [6.07, 6.45) is 3.65. The van der Waals surface area contributed by atoms with Gasteiger partial charge in [-0.15, -0.1) is 0 Å². The third kappa shape index (κ3) is 3.06. The van der Waals surface area contributed by atoms with Gasteiger partial charge in [0, 0.05) is 15.5 Å². The average molecular weight is 358 g/mol. The van der Waals surface area contributed by atoms with Gasteiger partial charge in [0.1, 0.15) is 0 Å². The molecule has 0 radical (unpaired) electrons. The van der Waals surface area contributed by atoms with Crippen LogP contribution in [0.2, 0.25) is 0 Å². The maximum absolute atomic E-state index is 6.11. The number of benzene rings is 1. The molecule has 1 aliphatic rings. The fourth-order valence-corrected chi connectivity index (χ4v) is 3.29. The molecule has 2 N–H and O–H groups in total. The van der Waals surface area contributed by atoms with Gasteiger partial charge in [0.15, 0.2) is 0 Å². The van der Waals surface area contributed by atoms with Crippen LogP contribution in [0, 0.1) is 3.57 Å². The first-order valence-electron chi connectivity index (χ1n) is 6.89. The van der Waals surface area contributed by atoms with Crippen LogP contribution in [0.15, 0.2) is 24.3 Å². The second-order valence-corrected chi connectivity index (χ2v) is 6.58. The fraction of sp³-hybridized carbons (Fsp3) is 0.600. The monoisotopic (exact) mass is 358 g/mol. The predicted molar refractivity (Wildman–Crippen MR) is 85.9 cm³/mol. The zero-order chi connectivity index (χ0) is 13.0. The minimum Gasteiger partial charge on any atom is -0.330 e. The van der Waals surface area contributed by atoms with Crippen molar-refractivity contribution >= 4 is 22.6 Å². The van der Waals surface area contributed by atoms with E-state index in [1.165, 1.54) is 48.0 Å². The normalized spacial score (nSPS) is 19.9. The molecule has 0 spiro atoms. The van der Waals surface area contributed by atoms with Gasteiger partial charge in [-0.3, -0.25) is 0 Å². The van der Waals surface area contributed by atoms with Crippen LogP contribution >= 0.6 is 22.6 Å². The van der Waals surface area contributed by atoms with Crippen molar-refractivity contribution in [3.8, 4) is 0 Å². The summed E-state index contributed by atoms with van der Waals surface area (Å²) in [6, 6.07) is 8.94. The Bertz CT molecular complexity index is 367. The summed E-state index contributed by atoms with van der Waals surface area (Å²) in [5, 5.41) is 0. The number of piperidine rings is 1. The van der Waals surface area contributed by atoms with Crippen LogP contribution in [0.5, 0.6) is 0 Å². The molecule has 0 aliphatic carbocycles. The fourth-order valence-electron chi connectivity index (χ4n) is 2.93. The summed E-state index contributed by atoms with van der Waals surface area (Å²) in [7, 11) is 0. The molecule has 2 nitrogen and oxygen atoms in total. The van der Waals surface area contributed by atoms with Gasteiger partial charge < -0.3 is 10.6 Å². The highest BCUT2D eigenvalue weighted by atomic mass is 127. The molecule has 0 atom stereocenters. The first-order chi connectivity index (χ1) is 8.70. The number of likely N-dealkylation sites (tertiary alicyclic amines) is 1. The molecular weight excluding hydrogens is 335 g/mol. The van der Waals surface area contributed by atoms with Gasteiger partial charge in [0.25, 0.3) is 0 Å². The number of halogens is 1. The molecule has 0 saturated carbocycles. The van der Waals surface area contributed by atoms with Crippen LogP contribution < -0.4 is 5.73 Å². The minimum absolute atomic E-state index is 0.217. The van der Waals surface area contributed by atoms with Gasteiger partial charge >= 0.3 is 0 Å². The Morgan fingerprint density at radius 1 is 1.22 bits per heavy atom. The van der Waals surface area contributed by atoms with Crippen LogP contribution in [0.3, 0.4) is 0 Å². The van der Waals surface area contributed by atoms with E-state index in [0.717, 1.165) is 6.54 Å². The SMILES string of the molecule is CCCN1CCC(CN)(c2ccc(I)cc2)CC1. The summed E-state index contributed by atoms with van der Waals surface area (Å²) < 4.78 is 1.30.